The second kappa shape index (κ2) is 9.11. The number of aromatic nitrogens is 2. The molecule has 0 unspecified atom stereocenters. The SMILES string of the molecule is O=C(CCn1cnc2sc3c(c2c1=O)CCCC3)NCc1cc(Cl)c2c(c1)OCCCO2. The molecule has 0 atom stereocenters. The monoisotopic (exact) mass is 473 g/mol. The number of hydrogen-bond donors (Lipinski definition) is 1. The first-order chi connectivity index (χ1) is 15.6. The molecule has 7 nitrogen and oxygen atoms in total. The first-order valence-corrected chi connectivity index (χ1v) is 12.1. The summed E-state index contributed by atoms with van der Waals surface area (Å²) in [5, 5.41) is 4.11. The predicted octanol–water partition coefficient (Wildman–Crippen LogP) is 3.86. The molecule has 5 rings (SSSR count). The number of rotatable bonds is 5. The number of fused-ring (bicyclic) bond motifs is 4. The van der Waals surface area contributed by atoms with Crippen LogP contribution >= 0.6 is 22.9 Å². The number of nitrogens with one attached hydrogen (secondary N) is 1. The first kappa shape index (κ1) is 21.3. The maximum absolute atomic E-state index is 13.0. The van der Waals surface area contributed by atoms with Gasteiger partial charge in [0.2, 0.25) is 5.91 Å². The van der Waals surface area contributed by atoms with E-state index in [1.54, 1.807) is 28.3 Å². The van der Waals surface area contributed by atoms with E-state index in [1.807, 2.05) is 6.07 Å². The van der Waals surface area contributed by atoms with Crippen LogP contribution in [0.25, 0.3) is 10.2 Å². The molecule has 2 aliphatic rings. The van der Waals surface area contributed by atoms with Gasteiger partial charge in [0, 0.05) is 30.8 Å². The van der Waals surface area contributed by atoms with Gasteiger partial charge in [-0.2, -0.15) is 0 Å². The Kier molecular flexibility index (Phi) is 6.06. The van der Waals surface area contributed by atoms with Gasteiger partial charge in [-0.25, -0.2) is 4.98 Å². The van der Waals surface area contributed by atoms with Gasteiger partial charge >= 0.3 is 0 Å². The molecule has 3 aromatic rings. The van der Waals surface area contributed by atoms with Crippen molar-refractivity contribution in [3.05, 3.63) is 49.8 Å². The Labute approximate surface area is 194 Å². The lowest BCUT2D eigenvalue weighted by Crippen LogP contribution is -2.27. The minimum atomic E-state index is -0.146. The van der Waals surface area contributed by atoms with Crippen LogP contribution in [0.1, 0.15) is 41.7 Å². The van der Waals surface area contributed by atoms with Crippen LogP contribution in [-0.2, 0) is 30.7 Å². The Morgan fingerprint density at radius 1 is 1.19 bits per heavy atom. The number of hydrogen-bond acceptors (Lipinski definition) is 6. The molecule has 3 heterocycles. The molecule has 1 amide bonds. The lowest BCUT2D eigenvalue weighted by molar-refractivity contribution is -0.121. The van der Waals surface area contributed by atoms with Gasteiger partial charge in [-0.05, 0) is 48.9 Å². The topological polar surface area (TPSA) is 82.5 Å². The molecule has 0 fully saturated rings. The molecule has 0 saturated heterocycles. The number of benzene rings is 1. The molecule has 0 bridgehead atoms. The van der Waals surface area contributed by atoms with Crippen LogP contribution in [-0.4, -0.2) is 28.7 Å². The van der Waals surface area contributed by atoms with Gasteiger partial charge in [0.25, 0.3) is 5.56 Å². The summed E-state index contributed by atoms with van der Waals surface area (Å²) in [5.41, 5.74) is 1.95. The number of ether oxygens (including phenoxy) is 2. The van der Waals surface area contributed by atoms with Crippen molar-refractivity contribution >= 4 is 39.1 Å². The highest BCUT2D eigenvalue weighted by molar-refractivity contribution is 7.18. The summed E-state index contributed by atoms with van der Waals surface area (Å²) in [5.74, 6) is 1.01. The number of halogens is 1. The van der Waals surface area contributed by atoms with Crippen molar-refractivity contribution in [3.63, 3.8) is 0 Å². The van der Waals surface area contributed by atoms with E-state index in [9.17, 15) is 9.59 Å². The average molecular weight is 474 g/mol. The molecule has 0 radical (unpaired) electrons. The molecule has 1 N–H and O–H groups in total. The van der Waals surface area contributed by atoms with Crippen LogP contribution in [0.15, 0.2) is 23.3 Å². The van der Waals surface area contributed by atoms with Crippen molar-refractivity contribution in [2.45, 2.75) is 51.6 Å². The van der Waals surface area contributed by atoms with Crippen molar-refractivity contribution in [2.24, 2.45) is 0 Å². The lowest BCUT2D eigenvalue weighted by Gasteiger charge is -2.12. The minimum Gasteiger partial charge on any atom is -0.489 e. The van der Waals surface area contributed by atoms with E-state index in [-0.39, 0.29) is 17.9 Å². The fourth-order valence-corrected chi connectivity index (χ4v) is 5.75. The third kappa shape index (κ3) is 4.21. The highest BCUT2D eigenvalue weighted by atomic mass is 35.5. The zero-order chi connectivity index (χ0) is 22.1. The van der Waals surface area contributed by atoms with Crippen LogP contribution in [0, 0.1) is 0 Å². The Hall–Kier alpha value is -2.58. The van der Waals surface area contributed by atoms with Crippen LogP contribution in [0.4, 0.5) is 0 Å². The summed E-state index contributed by atoms with van der Waals surface area (Å²) in [4.78, 5) is 32.0. The smallest absolute Gasteiger partial charge is 0.262 e. The number of amides is 1. The number of carbonyl (C=O) groups is 1. The van der Waals surface area contributed by atoms with Gasteiger partial charge < -0.3 is 14.8 Å². The largest absolute Gasteiger partial charge is 0.489 e. The maximum Gasteiger partial charge on any atom is 0.262 e. The van der Waals surface area contributed by atoms with Crippen molar-refractivity contribution in [2.75, 3.05) is 13.2 Å². The molecular formula is C23H24ClN3O4S. The summed E-state index contributed by atoms with van der Waals surface area (Å²) < 4.78 is 12.9. The second-order valence-electron chi connectivity index (χ2n) is 8.12. The number of nitrogens with zero attached hydrogens (tertiary/aromatic N) is 2. The number of thiophene rings is 1. The van der Waals surface area contributed by atoms with Crippen molar-refractivity contribution in [3.8, 4) is 11.5 Å². The average Bonchev–Trinajstić information content (AvgIpc) is 3.00. The van der Waals surface area contributed by atoms with Crippen molar-refractivity contribution in [1.82, 2.24) is 14.9 Å². The van der Waals surface area contributed by atoms with Crippen LogP contribution in [0.5, 0.6) is 11.5 Å². The number of carbonyl (C=O) groups excluding carboxylic acids is 1. The molecule has 32 heavy (non-hydrogen) atoms. The molecule has 1 aliphatic heterocycles. The lowest BCUT2D eigenvalue weighted by atomic mass is 9.97. The van der Waals surface area contributed by atoms with Gasteiger partial charge in [0.05, 0.1) is 29.9 Å². The summed E-state index contributed by atoms with van der Waals surface area (Å²) in [6.45, 7) is 1.75. The third-order valence-electron chi connectivity index (χ3n) is 5.87. The van der Waals surface area contributed by atoms with Crippen LogP contribution in [0.3, 0.4) is 0 Å². The standard InChI is InChI=1S/C23H24ClN3O4S/c24-16-10-14(11-17-21(16)31-9-3-8-30-17)12-25-19(28)6-7-27-13-26-22-20(23(27)29)15-4-1-2-5-18(15)32-22/h10-11,13H,1-9,12H2,(H,25,28). The Balaban J connectivity index is 1.23. The predicted molar refractivity (Wildman–Crippen MR) is 124 cm³/mol. The number of aryl methyl sites for hydroxylation is 3. The summed E-state index contributed by atoms with van der Waals surface area (Å²) >= 11 is 7.95. The quantitative estimate of drug-likeness (QED) is 0.608. The summed E-state index contributed by atoms with van der Waals surface area (Å²) in [6.07, 6.45) is 6.80. The van der Waals surface area contributed by atoms with E-state index < -0.39 is 0 Å². The van der Waals surface area contributed by atoms with Gasteiger partial charge in [0.15, 0.2) is 11.5 Å². The van der Waals surface area contributed by atoms with E-state index in [4.69, 9.17) is 21.1 Å². The van der Waals surface area contributed by atoms with E-state index in [0.29, 0.717) is 42.8 Å². The third-order valence-corrected chi connectivity index (χ3v) is 7.35. The van der Waals surface area contributed by atoms with Gasteiger partial charge in [0.1, 0.15) is 4.83 Å². The van der Waals surface area contributed by atoms with E-state index in [1.165, 1.54) is 16.9 Å². The van der Waals surface area contributed by atoms with E-state index in [0.717, 1.165) is 41.5 Å². The minimum absolute atomic E-state index is 0.0446. The Morgan fingerprint density at radius 3 is 2.94 bits per heavy atom. The molecule has 0 spiro atoms. The van der Waals surface area contributed by atoms with Gasteiger partial charge in [-0.3, -0.25) is 14.2 Å². The van der Waals surface area contributed by atoms with Gasteiger partial charge in [-0.1, -0.05) is 11.6 Å². The van der Waals surface area contributed by atoms with E-state index in [2.05, 4.69) is 10.3 Å². The summed E-state index contributed by atoms with van der Waals surface area (Å²) in [6, 6.07) is 3.62. The zero-order valence-electron chi connectivity index (χ0n) is 17.6. The normalized spacial score (nSPS) is 15.3. The zero-order valence-corrected chi connectivity index (χ0v) is 19.2. The highest BCUT2D eigenvalue weighted by Gasteiger charge is 2.20. The molecule has 9 heteroatoms. The maximum atomic E-state index is 13.0. The van der Waals surface area contributed by atoms with Crippen LogP contribution in [0.2, 0.25) is 5.02 Å². The van der Waals surface area contributed by atoms with Crippen molar-refractivity contribution in [1.29, 1.82) is 0 Å². The van der Waals surface area contributed by atoms with E-state index >= 15 is 0 Å². The Morgan fingerprint density at radius 2 is 2.03 bits per heavy atom. The summed E-state index contributed by atoms with van der Waals surface area (Å²) in [7, 11) is 0. The molecule has 168 valence electrons. The fourth-order valence-electron chi connectivity index (χ4n) is 4.24. The second-order valence-corrected chi connectivity index (χ2v) is 9.61. The molecule has 2 aromatic heterocycles. The molecular weight excluding hydrogens is 450 g/mol. The van der Waals surface area contributed by atoms with Gasteiger partial charge in [-0.15, -0.1) is 11.3 Å². The fraction of sp³-hybridized carbons (Fsp3) is 0.435. The highest BCUT2D eigenvalue weighted by Crippen LogP contribution is 2.38. The van der Waals surface area contributed by atoms with Crippen molar-refractivity contribution < 1.29 is 14.3 Å². The molecule has 1 aliphatic carbocycles. The van der Waals surface area contributed by atoms with Crippen LogP contribution < -0.4 is 20.3 Å². The Bertz CT molecular complexity index is 1240. The molecule has 1 aromatic carbocycles. The first-order valence-electron chi connectivity index (χ1n) is 10.9. The molecule has 0 saturated carbocycles.